The number of aryl methyl sites for hydroxylation is 1. The SMILES string of the molecule is Cc1ccccc1N1C(=O)/C(=C/c2cc(I)c(OCc3ccc(C(=O)O)cc3)c(I)c2)C(=O)NC1=S. The molecule has 0 bridgehead atoms. The Balaban J connectivity index is 1.58. The van der Waals surface area contributed by atoms with Gasteiger partial charge in [-0.25, -0.2) is 4.79 Å². The smallest absolute Gasteiger partial charge is 0.335 e. The lowest BCUT2D eigenvalue weighted by Crippen LogP contribution is -2.54. The van der Waals surface area contributed by atoms with E-state index in [4.69, 9.17) is 22.1 Å². The summed E-state index contributed by atoms with van der Waals surface area (Å²) in [5.41, 5.74) is 3.15. The van der Waals surface area contributed by atoms with Gasteiger partial charge in [0.25, 0.3) is 11.8 Å². The summed E-state index contributed by atoms with van der Waals surface area (Å²) in [5, 5.41) is 11.7. The zero-order valence-corrected chi connectivity index (χ0v) is 23.9. The molecule has 0 aromatic heterocycles. The third-order valence-electron chi connectivity index (χ3n) is 5.37. The molecule has 1 aliphatic heterocycles. The quantitative estimate of drug-likeness (QED) is 0.155. The molecule has 0 aliphatic carbocycles. The van der Waals surface area contributed by atoms with Crippen LogP contribution in [0, 0.1) is 14.1 Å². The zero-order valence-electron chi connectivity index (χ0n) is 18.7. The first-order valence-electron chi connectivity index (χ1n) is 10.6. The maximum atomic E-state index is 13.3. The Hall–Kier alpha value is -2.84. The summed E-state index contributed by atoms with van der Waals surface area (Å²) in [6.07, 6.45) is 1.55. The molecule has 2 N–H and O–H groups in total. The molecule has 0 atom stereocenters. The van der Waals surface area contributed by atoms with Gasteiger partial charge >= 0.3 is 5.97 Å². The number of carboxylic acid groups (broad SMARTS) is 1. The summed E-state index contributed by atoms with van der Waals surface area (Å²) in [6, 6.07) is 17.5. The van der Waals surface area contributed by atoms with Crippen LogP contribution in [0.3, 0.4) is 0 Å². The average Bonchev–Trinajstić information content (AvgIpc) is 2.82. The number of hydrogen-bond acceptors (Lipinski definition) is 5. The fourth-order valence-corrected chi connectivity index (χ4v) is 5.96. The van der Waals surface area contributed by atoms with Crippen LogP contribution >= 0.6 is 57.4 Å². The van der Waals surface area contributed by atoms with Gasteiger partial charge in [-0.2, -0.15) is 0 Å². The topological polar surface area (TPSA) is 95.9 Å². The number of halogens is 2. The van der Waals surface area contributed by atoms with Gasteiger partial charge in [0.2, 0.25) is 0 Å². The monoisotopic (exact) mass is 724 g/mol. The van der Waals surface area contributed by atoms with E-state index in [1.165, 1.54) is 17.0 Å². The van der Waals surface area contributed by atoms with E-state index in [2.05, 4.69) is 50.5 Å². The van der Waals surface area contributed by atoms with Crippen LogP contribution in [0.2, 0.25) is 0 Å². The van der Waals surface area contributed by atoms with Crippen LogP contribution in [-0.4, -0.2) is 28.0 Å². The van der Waals surface area contributed by atoms with Crippen LogP contribution in [-0.2, 0) is 16.2 Å². The summed E-state index contributed by atoms with van der Waals surface area (Å²) in [6.45, 7) is 2.13. The van der Waals surface area contributed by atoms with Crippen LogP contribution in [0.1, 0.15) is 27.0 Å². The molecule has 3 aromatic carbocycles. The van der Waals surface area contributed by atoms with Crippen molar-refractivity contribution in [2.45, 2.75) is 13.5 Å². The predicted octanol–water partition coefficient (Wildman–Crippen LogP) is 5.31. The molecular formula is C26H18I2N2O5S. The number of carbonyl (C=O) groups excluding carboxylic acids is 2. The molecule has 4 rings (SSSR count). The van der Waals surface area contributed by atoms with Crippen molar-refractivity contribution in [3.63, 3.8) is 0 Å². The molecule has 0 spiro atoms. The van der Waals surface area contributed by atoms with Crippen molar-refractivity contribution in [1.82, 2.24) is 5.32 Å². The van der Waals surface area contributed by atoms with E-state index in [0.717, 1.165) is 18.3 Å². The number of ether oxygens (including phenoxy) is 1. The number of nitrogens with zero attached hydrogens (tertiary/aromatic N) is 1. The molecule has 1 heterocycles. The Labute approximate surface area is 239 Å². The summed E-state index contributed by atoms with van der Waals surface area (Å²) >= 11 is 9.57. The molecule has 36 heavy (non-hydrogen) atoms. The molecule has 2 amide bonds. The van der Waals surface area contributed by atoms with E-state index >= 15 is 0 Å². The van der Waals surface area contributed by atoms with E-state index < -0.39 is 17.8 Å². The van der Waals surface area contributed by atoms with Gasteiger partial charge < -0.3 is 9.84 Å². The van der Waals surface area contributed by atoms with Gasteiger partial charge in [-0.05, 0) is 117 Å². The number of nitrogens with one attached hydrogen (secondary N) is 1. The number of carboxylic acids is 1. The number of anilines is 1. The molecule has 1 saturated heterocycles. The highest BCUT2D eigenvalue weighted by molar-refractivity contribution is 14.1. The minimum Gasteiger partial charge on any atom is -0.487 e. The highest BCUT2D eigenvalue weighted by Crippen LogP contribution is 2.31. The number of benzene rings is 3. The molecule has 3 aromatic rings. The normalized spacial score (nSPS) is 14.7. The Kier molecular flexibility index (Phi) is 8.05. The molecular weight excluding hydrogens is 706 g/mol. The van der Waals surface area contributed by atoms with Gasteiger partial charge in [-0.15, -0.1) is 0 Å². The third-order valence-corrected chi connectivity index (χ3v) is 7.26. The molecule has 1 aliphatic rings. The van der Waals surface area contributed by atoms with E-state index in [0.29, 0.717) is 17.0 Å². The van der Waals surface area contributed by atoms with Crippen molar-refractivity contribution in [3.05, 3.63) is 95.6 Å². The number of carbonyl (C=O) groups is 3. The van der Waals surface area contributed by atoms with Gasteiger partial charge in [0.05, 0.1) is 18.4 Å². The summed E-state index contributed by atoms with van der Waals surface area (Å²) in [4.78, 5) is 38.3. The Bertz CT molecular complexity index is 1410. The van der Waals surface area contributed by atoms with Crippen molar-refractivity contribution < 1.29 is 24.2 Å². The molecule has 10 heteroatoms. The number of aromatic carboxylic acids is 1. The van der Waals surface area contributed by atoms with E-state index in [1.807, 2.05) is 37.3 Å². The lowest BCUT2D eigenvalue weighted by atomic mass is 10.1. The minimum atomic E-state index is -0.981. The van der Waals surface area contributed by atoms with Crippen molar-refractivity contribution in [2.75, 3.05) is 4.90 Å². The van der Waals surface area contributed by atoms with Gasteiger partial charge in [-0.3, -0.25) is 19.8 Å². The number of hydrogen-bond donors (Lipinski definition) is 2. The average molecular weight is 724 g/mol. The molecule has 182 valence electrons. The molecule has 7 nitrogen and oxygen atoms in total. The first-order chi connectivity index (χ1) is 17.2. The Morgan fingerprint density at radius 2 is 1.72 bits per heavy atom. The van der Waals surface area contributed by atoms with Crippen molar-refractivity contribution >= 4 is 92.1 Å². The van der Waals surface area contributed by atoms with Crippen LogP contribution in [0.15, 0.2) is 66.2 Å². The second-order valence-corrected chi connectivity index (χ2v) is 10.6. The van der Waals surface area contributed by atoms with Crippen molar-refractivity contribution in [3.8, 4) is 5.75 Å². The van der Waals surface area contributed by atoms with E-state index in [9.17, 15) is 14.4 Å². The minimum absolute atomic E-state index is 0.0226. The Morgan fingerprint density at radius 3 is 2.33 bits per heavy atom. The molecule has 0 radical (unpaired) electrons. The second kappa shape index (κ2) is 11.0. The largest absolute Gasteiger partial charge is 0.487 e. The number of thiocarbonyl (C=S) groups is 1. The number of para-hydroxylation sites is 1. The first-order valence-corrected chi connectivity index (χ1v) is 13.1. The van der Waals surface area contributed by atoms with Crippen LogP contribution in [0.4, 0.5) is 5.69 Å². The second-order valence-electron chi connectivity index (χ2n) is 7.85. The lowest BCUT2D eigenvalue weighted by molar-refractivity contribution is -0.122. The van der Waals surface area contributed by atoms with E-state index in [1.54, 1.807) is 24.3 Å². The van der Waals surface area contributed by atoms with Gasteiger partial charge in [0.15, 0.2) is 5.11 Å². The highest BCUT2D eigenvalue weighted by Gasteiger charge is 2.35. The van der Waals surface area contributed by atoms with Crippen LogP contribution in [0.5, 0.6) is 5.75 Å². The van der Waals surface area contributed by atoms with Crippen LogP contribution < -0.4 is 15.0 Å². The lowest BCUT2D eigenvalue weighted by Gasteiger charge is -2.30. The first kappa shape index (κ1) is 26.2. The number of amides is 2. The predicted molar refractivity (Wildman–Crippen MR) is 157 cm³/mol. The molecule has 1 fully saturated rings. The van der Waals surface area contributed by atoms with Crippen molar-refractivity contribution in [1.29, 1.82) is 0 Å². The third kappa shape index (κ3) is 5.60. The van der Waals surface area contributed by atoms with Gasteiger partial charge in [-0.1, -0.05) is 30.3 Å². The summed E-state index contributed by atoms with van der Waals surface area (Å²) in [5.74, 6) is -1.37. The fraction of sp³-hybridized carbons (Fsp3) is 0.0769. The fourth-order valence-electron chi connectivity index (χ4n) is 3.56. The standard InChI is InChI=1S/C26H18I2N2O5S/c1-14-4-2-3-5-21(14)30-24(32)18(23(31)29-26(30)36)10-16-11-19(27)22(20(28)12-16)35-13-15-6-8-17(9-7-15)25(33)34/h2-12H,13H2,1H3,(H,33,34)(H,29,31,36)/b18-10+. The van der Waals surface area contributed by atoms with Gasteiger partial charge in [0.1, 0.15) is 17.9 Å². The highest BCUT2D eigenvalue weighted by atomic mass is 127. The van der Waals surface area contributed by atoms with Crippen molar-refractivity contribution in [2.24, 2.45) is 0 Å². The zero-order chi connectivity index (χ0) is 26.0. The van der Waals surface area contributed by atoms with E-state index in [-0.39, 0.29) is 22.9 Å². The maximum absolute atomic E-state index is 13.3. The summed E-state index contributed by atoms with van der Waals surface area (Å²) in [7, 11) is 0. The van der Waals surface area contributed by atoms with Gasteiger partial charge in [0, 0.05) is 0 Å². The maximum Gasteiger partial charge on any atom is 0.335 e. The summed E-state index contributed by atoms with van der Waals surface area (Å²) < 4.78 is 7.58. The molecule has 0 unspecified atom stereocenters. The van der Waals surface area contributed by atoms with Crippen LogP contribution in [0.25, 0.3) is 6.08 Å². The molecule has 0 saturated carbocycles. The number of rotatable bonds is 6. The Morgan fingerprint density at radius 1 is 1.08 bits per heavy atom.